The molecule has 0 unspecified atom stereocenters. The van der Waals surface area contributed by atoms with Crippen LogP contribution in [-0.2, 0) is 11.3 Å². The van der Waals surface area contributed by atoms with Gasteiger partial charge in [0.05, 0.1) is 20.3 Å². The number of hydrogen-bond donors (Lipinski definition) is 1. The monoisotopic (exact) mass is 263 g/mol. The van der Waals surface area contributed by atoms with E-state index in [1.807, 2.05) is 18.2 Å². The van der Waals surface area contributed by atoms with Gasteiger partial charge < -0.3 is 19.5 Å². The van der Waals surface area contributed by atoms with Crippen molar-refractivity contribution in [3.05, 3.63) is 23.8 Å². The number of benzene rings is 1. The largest absolute Gasteiger partial charge is 0.497 e. The van der Waals surface area contributed by atoms with Crippen LogP contribution in [0.5, 0.6) is 11.5 Å². The van der Waals surface area contributed by atoms with Gasteiger partial charge in [-0.3, -0.25) is 0 Å². The van der Waals surface area contributed by atoms with Crippen molar-refractivity contribution < 1.29 is 14.2 Å². The summed E-state index contributed by atoms with van der Waals surface area (Å²) in [6.07, 6.45) is 5.81. The van der Waals surface area contributed by atoms with E-state index < -0.39 is 0 Å². The molecular formula is C15H21NO3. The van der Waals surface area contributed by atoms with Crippen molar-refractivity contribution in [2.24, 2.45) is 0 Å². The second-order valence-corrected chi connectivity index (χ2v) is 3.95. The molecule has 0 saturated heterocycles. The molecule has 19 heavy (non-hydrogen) atoms. The Balaban J connectivity index is 2.63. The molecule has 4 nitrogen and oxygen atoms in total. The van der Waals surface area contributed by atoms with Gasteiger partial charge >= 0.3 is 0 Å². The molecule has 0 saturated carbocycles. The van der Waals surface area contributed by atoms with Crippen molar-refractivity contribution in [1.82, 2.24) is 5.32 Å². The maximum Gasteiger partial charge on any atom is 0.127 e. The maximum absolute atomic E-state index is 5.68. The van der Waals surface area contributed by atoms with Gasteiger partial charge in [-0.1, -0.05) is 6.07 Å². The normalized spacial score (nSPS) is 9.95. The van der Waals surface area contributed by atoms with Crippen LogP contribution in [0.2, 0.25) is 0 Å². The first-order valence-electron chi connectivity index (χ1n) is 6.24. The highest BCUT2D eigenvalue weighted by Gasteiger charge is 2.05. The molecule has 0 amide bonds. The lowest BCUT2D eigenvalue weighted by Gasteiger charge is -2.13. The fourth-order valence-corrected chi connectivity index (χ4v) is 1.56. The fourth-order valence-electron chi connectivity index (χ4n) is 1.56. The lowest BCUT2D eigenvalue weighted by atomic mass is 10.2. The highest BCUT2D eigenvalue weighted by atomic mass is 16.5. The van der Waals surface area contributed by atoms with E-state index in [2.05, 4.69) is 11.2 Å². The molecule has 1 aromatic carbocycles. The third kappa shape index (κ3) is 5.64. The van der Waals surface area contributed by atoms with E-state index in [1.165, 1.54) is 0 Å². The second kappa shape index (κ2) is 9.26. The number of ether oxygens (including phenoxy) is 3. The molecule has 1 N–H and O–H groups in total. The first-order valence-corrected chi connectivity index (χ1v) is 6.24. The summed E-state index contributed by atoms with van der Waals surface area (Å²) in [5.74, 6) is 4.14. The SMILES string of the molecule is C#CCCOc1cc(OC)ccc1CNCCOC. The first-order chi connectivity index (χ1) is 9.31. The number of nitrogens with one attached hydrogen (secondary N) is 1. The van der Waals surface area contributed by atoms with Crippen LogP contribution in [0.1, 0.15) is 12.0 Å². The zero-order chi connectivity index (χ0) is 13.9. The van der Waals surface area contributed by atoms with Gasteiger partial charge in [-0.25, -0.2) is 0 Å². The van der Waals surface area contributed by atoms with E-state index in [0.717, 1.165) is 30.2 Å². The molecule has 1 aromatic rings. The van der Waals surface area contributed by atoms with Crippen LogP contribution in [0.15, 0.2) is 18.2 Å². The molecule has 0 atom stereocenters. The van der Waals surface area contributed by atoms with Gasteiger partial charge in [0.25, 0.3) is 0 Å². The van der Waals surface area contributed by atoms with Crippen LogP contribution >= 0.6 is 0 Å². The molecule has 0 bridgehead atoms. The molecule has 0 aliphatic rings. The molecule has 0 aromatic heterocycles. The second-order valence-electron chi connectivity index (χ2n) is 3.95. The quantitative estimate of drug-likeness (QED) is 0.545. The number of methoxy groups -OCH3 is 2. The number of rotatable bonds is 9. The summed E-state index contributed by atoms with van der Waals surface area (Å²) in [5.41, 5.74) is 1.08. The van der Waals surface area contributed by atoms with Crippen LogP contribution in [0.3, 0.4) is 0 Å². The van der Waals surface area contributed by atoms with Gasteiger partial charge in [0.2, 0.25) is 0 Å². The Morgan fingerprint density at radius 1 is 1.26 bits per heavy atom. The van der Waals surface area contributed by atoms with E-state index >= 15 is 0 Å². The summed E-state index contributed by atoms with van der Waals surface area (Å²) in [6, 6.07) is 5.79. The molecular weight excluding hydrogens is 242 g/mol. The Morgan fingerprint density at radius 3 is 2.79 bits per heavy atom. The zero-order valence-electron chi connectivity index (χ0n) is 11.6. The molecule has 4 heteroatoms. The van der Waals surface area contributed by atoms with Gasteiger partial charge in [0.1, 0.15) is 11.5 Å². The maximum atomic E-state index is 5.68. The molecule has 0 spiro atoms. The Labute approximate surface area is 115 Å². The minimum Gasteiger partial charge on any atom is -0.497 e. The van der Waals surface area contributed by atoms with Crippen LogP contribution in [0.4, 0.5) is 0 Å². The Morgan fingerprint density at radius 2 is 2.11 bits per heavy atom. The Bertz CT molecular complexity index is 412. The predicted molar refractivity (Wildman–Crippen MR) is 75.5 cm³/mol. The van der Waals surface area contributed by atoms with Gasteiger partial charge in [-0.05, 0) is 6.07 Å². The van der Waals surface area contributed by atoms with Crippen LogP contribution < -0.4 is 14.8 Å². The standard InChI is InChI=1S/C15H21NO3/c1-4-5-9-19-15-11-14(18-3)7-6-13(15)12-16-8-10-17-2/h1,6-7,11,16H,5,8-10,12H2,2-3H3. The van der Waals surface area contributed by atoms with Crippen molar-refractivity contribution in [3.8, 4) is 23.8 Å². The summed E-state index contributed by atoms with van der Waals surface area (Å²) in [5, 5.41) is 3.28. The highest BCUT2D eigenvalue weighted by molar-refractivity contribution is 5.40. The zero-order valence-corrected chi connectivity index (χ0v) is 11.6. The minimum absolute atomic E-state index is 0.509. The minimum atomic E-state index is 0.509. The van der Waals surface area contributed by atoms with Crippen molar-refractivity contribution in [3.63, 3.8) is 0 Å². The lowest BCUT2D eigenvalue weighted by molar-refractivity contribution is 0.199. The third-order valence-electron chi connectivity index (χ3n) is 2.58. The molecule has 104 valence electrons. The van der Waals surface area contributed by atoms with Gasteiger partial charge in [-0.2, -0.15) is 0 Å². The summed E-state index contributed by atoms with van der Waals surface area (Å²) >= 11 is 0. The van der Waals surface area contributed by atoms with E-state index in [0.29, 0.717) is 19.6 Å². The third-order valence-corrected chi connectivity index (χ3v) is 2.58. The van der Waals surface area contributed by atoms with Crippen molar-refractivity contribution in [1.29, 1.82) is 0 Å². The highest BCUT2D eigenvalue weighted by Crippen LogP contribution is 2.24. The topological polar surface area (TPSA) is 39.7 Å². The summed E-state index contributed by atoms with van der Waals surface area (Å²) in [4.78, 5) is 0. The summed E-state index contributed by atoms with van der Waals surface area (Å²) in [7, 11) is 3.32. The number of terminal acetylenes is 1. The van der Waals surface area contributed by atoms with Crippen molar-refractivity contribution in [2.75, 3.05) is 34.0 Å². The Hall–Kier alpha value is -1.70. The smallest absolute Gasteiger partial charge is 0.127 e. The van der Waals surface area contributed by atoms with Crippen LogP contribution in [0, 0.1) is 12.3 Å². The van der Waals surface area contributed by atoms with E-state index in [9.17, 15) is 0 Å². The van der Waals surface area contributed by atoms with Crippen molar-refractivity contribution >= 4 is 0 Å². The van der Waals surface area contributed by atoms with Crippen LogP contribution in [-0.4, -0.2) is 34.0 Å². The molecule has 0 aliphatic heterocycles. The average Bonchev–Trinajstić information content (AvgIpc) is 2.45. The molecule has 1 rings (SSSR count). The Kier molecular flexibility index (Phi) is 7.48. The van der Waals surface area contributed by atoms with Crippen LogP contribution in [0.25, 0.3) is 0 Å². The van der Waals surface area contributed by atoms with E-state index in [1.54, 1.807) is 14.2 Å². The molecule has 0 radical (unpaired) electrons. The van der Waals surface area contributed by atoms with E-state index in [4.69, 9.17) is 20.6 Å². The predicted octanol–water partition coefficient (Wildman–Crippen LogP) is 1.83. The van der Waals surface area contributed by atoms with Gasteiger partial charge in [0.15, 0.2) is 0 Å². The van der Waals surface area contributed by atoms with Crippen molar-refractivity contribution in [2.45, 2.75) is 13.0 Å². The molecule has 0 heterocycles. The summed E-state index contributed by atoms with van der Waals surface area (Å²) < 4.78 is 15.9. The lowest BCUT2D eigenvalue weighted by Crippen LogP contribution is -2.19. The fraction of sp³-hybridized carbons (Fsp3) is 0.467. The van der Waals surface area contributed by atoms with Gasteiger partial charge in [0, 0.05) is 38.2 Å². The van der Waals surface area contributed by atoms with Gasteiger partial charge in [-0.15, -0.1) is 12.3 Å². The summed E-state index contributed by atoms with van der Waals surface area (Å²) in [6.45, 7) is 2.71. The molecule has 0 aliphatic carbocycles. The first kappa shape index (κ1) is 15.4. The average molecular weight is 263 g/mol. The number of hydrogen-bond acceptors (Lipinski definition) is 4. The molecule has 0 fully saturated rings. The van der Waals surface area contributed by atoms with E-state index in [-0.39, 0.29) is 0 Å².